The molecule has 1 unspecified atom stereocenters. The van der Waals surface area contributed by atoms with Crippen LogP contribution < -0.4 is 0 Å². The Morgan fingerprint density at radius 2 is 0.885 bits per heavy atom. The normalized spacial score (nSPS) is 12.9. The van der Waals surface area contributed by atoms with Crippen LogP contribution in [0.2, 0.25) is 0 Å². The van der Waals surface area contributed by atoms with Crippen molar-refractivity contribution in [3.8, 4) is 0 Å². The van der Waals surface area contributed by atoms with Gasteiger partial charge in [-0.05, 0) is 31.6 Å². The molecule has 0 saturated carbocycles. The van der Waals surface area contributed by atoms with E-state index in [1.807, 2.05) is 0 Å². The van der Waals surface area contributed by atoms with Crippen LogP contribution in [0.1, 0.15) is 149 Å². The Morgan fingerprint density at radius 3 is 1.46 bits per heavy atom. The summed E-state index contributed by atoms with van der Waals surface area (Å²) >= 11 is 0. The van der Waals surface area contributed by atoms with Crippen molar-refractivity contribution in [1.29, 1.82) is 0 Å². The summed E-state index contributed by atoms with van der Waals surface area (Å²) in [4.78, 5) is 0. The van der Waals surface area contributed by atoms with E-state index in [9.17, 15) is 0 Å². The maximum absolute atomic E-state index is 2.46. The Kier molecular flexibility index (Phi) is 22.6. The first-order valence-electron chi connectivity index (χ1n) is 12.5. The van der Waals surface area contributed by atoms with Crippen molar-refractivity contribution in [2.75, 3.05) is 0 Å². The lowest BCUT2D eigenvalue weighted by molar-refractivity contribution is 0.386. The van der Waals surface area contributed by atoms with Crippen LogP contribution in [0.4, 0.5) is 0 Å². The van der Waals surface area contributed by atoms with E-state index in [0.29, 0.717) is 0 Å². The van der Waals surface area contributed by atoms with Gasteiger partial charge in [0.05, 0.1) is 0 Å². The zero-order valence-electron chi connectivity index (χ0n) is 18.9. The van der Waals surface area contributed by atoms with Gasteiger partial charge < -0.3 is 0 Å². The van der Waals surface area contributed by atoms with E-state index >= 15 is 0 Å². The monoisotopic (exact) mass is 364 g/mol. The van der Waals surface area contributed by atoms with Gasteiger partial charge in [0.2, 0.25) is 0 Å². The summed E-state index contributed by atoms with van der Waals surface area (Å²) in [6, 6.07) is 0. The van der Waals surface area contributed by atoms with Crippen LogP contribution in [-0.4, -0.2) is 0 Å². The molecule has 156 valence electrons. The second-order valence-electron chi connectivity index (χ2n) is 8.52. The van der Waals surface area contributed by atoms with Crippen LogP contribution in [0.15, 0.2) is 12.2 Å². The molecule has 0 aliphatic rings. The number of hydrogen-bond donors (Lipinski definition) is 0. The summed E-state index contributed by atoms with van der Waals surface area (Å²) < 4.78 is 0. The average Bonchev–Trinajstić information content (AvgIpc) is 2.65. The number of rotatable bonds is 21. The van der Waals surface area contributed by atoms with Crippen molar-refractivity contribution < 1.29 is 0 Å². The Bertz CT molecular complexity index is 265. The van der Waals surface area contributed by atoms with E-state index in [1.165, 1.54) is 128 Å². The summed E-state index contributed by atoms with van der Waals surface area (Å²) in [5, 5.41) is 0. The topological polar surface area (TPSA) is 0 Å². The molecule has 0 rings (SSSR count). The maximum Gasteiger partial charge on any atom is -0.0351 e. The molecule has 0 nitrogen and oxygen atoms in total. The van der Waals surface area contributed by atoms with Crippen molar-refractivity contribution in [1.82, 2.24) is 0 Å². The van der Waals surface area contributed by atoms with Gasteiger partial charge in [0.15, 0.2) is 0 Å². The highest BCUT2D eigenvalue weighted by Crippen LogP contribution is 2.22. The van der Waals surface area contributed by atoms with E-state index in [4.69, 9.17) is 0 Å². The highest BCUT2D eigenvalue weighted by Gasteiger charge is 2.06. The minimum atomic E-state index is 1.00. The lowest BCUT2D eigenvalue weighted by Crippen LogP contribution is -2.00. The van der Waals surface area contributed by atoms with Crippen molar-refractivity contribution in [2.24, 2.45) is 5.92 Å². The lowest BCUT2D eigenvalue weighted by atomic mass is 9.91. The van der Waals surface area contributed by atoms with Gasteiger partial charge >= 0.3 is 0 Å². The van der Waals surface area contributed by atoms with Crippen molar-refractivity contribution >= 4 is 0 Å². The molecule has 0 aromatic carbocycles. The van der Waals surface area contributed by atoms with Gasteiger partial charge in [-0.3, -0.25) is 0 Å². The van der Waals surface area contributed by atoms with Gasteiger partial charge in [-0.15, -0.1) is 0 Å². The number of unbranched alkanes of at least 4 members (excludes halogenated alkanes) is 13. The van der Waals surface area contributed by atoms with Crippen LogP contribution in [0.3, 0.4) is 0 Å². The van der Waals surface area contributed by atoms with E-state index < -0.39 is 0 Å². The summed E-state index contributed by atoms with van der Waals surface area (Å²) in [7, 11) is 0. The molecule has 0 bridgehead atoms. The number of hydrogen-bond acceptors (Lipinski definition) is 0. The third-order valence-electron chi connectivity index (χ3n) is 5.79. The molecule has 0 fully saturated rings. The largest absolute Gasteiger partial charge is 0.0885 e. The van der Waals surface area contributed by atoms with E-state index in [-0.39, 0.29) is 0 Å². The van der Waals surface area contributed by atoms with Gasteiger partial charge in [0, 0.05) is 0 Å². The second-order valence-corrected chi connectivity index (χ2v) is 8.52. The molecule has 0 radical (unpaired) electrons. The first-order chi connectivity index (χ1) is 12.8. The molecule has 0 amide bonds. The molecular weight excluding hydrogens is 312 g/mol. The molecule has 0 aliphatic heterocycles. The van der Waals surface area contributed by atoms with E-state index in [1.54, 1.807) is 0 Å². The van der Waals surface area contributed by atoms with Gasteiger partial charge in [-0.25, -0.2) is 0 Å². The van der Waals surface area contributed by atoms with Crippen LogP contribution in [-0.2, 0) is 0 Å². The van der Waals surface area contributed by atoms with Crippen LogP contribution >= 0.6 is 0 Å². The molecule has 0 saturated heterocycles. The Morgan fingerprint density at radius 1 is 0.423 bits per heavy atom. The van der Waals surface area contributed by atoms with E-state index in [0.717, 1.165) is 5.92 Å². The fourth-order valence-electron chi connectivity index (χ4n) is 4.03. The molecule has 0 aromatic rings. The highest BCUT2D eigenvalue weighted by molar-refractivity contribution is 4.81. The Labute approximate surface area is 167 Å². The van der Waals surface area contributed by atoms with Crippen molar-refractivity contribution in [3.63, 3.8) is 0 Å². The molecular formula is C26H52. The average molecular weight is 365 g/mol. The molecule has 0 heteroatoms. The minimum absolute atomic E-state index is 1.00. The fraction of sp³-hybridized carbons (Fsp3) is 0.923. The Hall–Kier alpha value is -0.260. The molecule has 0 spiro atoms. The van der Waals surface area contributed by atoms with Crippen LogP contribution in [0, 0.1) is 5.92 Å². The first kappa shape index (κ1) is 25.7. The predicted molar refractivity (Wildman–Crippen MR) is 122 cm³/mol. The summed E-state index contributed by atoms with van der Waals surface area (Å²) in [5.74, 6) is 1.00. The van der Waals surface area contributed by atoms with Gasteiger partial charge in [0.25, 0.3) is 0 Å². The molecule has 0 heterocycles. The molecule has 26 heavy (non-hydrogen) atoms. The van der Waals surface area contributed by atoms with Gasteiger partial charge in [0.1, 0.15) is 0 Å². The molecule has 0 aromatic heterocycles. The zero-order chi connectivity index (χ0) is 19.1. The quantitative estimate of drug-likeness (QED) is 0.140. The first-order valence-corrected chi connectivity index (χ1v) is 12.5. The highest BCUT2D eigenvalue weighted by atomic mass is 14.1. The molecule has 0 aliphatic carbocycles. The van der Waals surface area contributed by atoms with Crippen molar-refractivity contribution in [2.45, 2.75) is 149 Å². The zero-order valence-corrected chi connectivity index (χ0v) is 18.9. The van der Waals surface area contributed by atoms with Crippen molar-refractivity contribution in [3.05, 3.63) is 12.2 Å². The fourth-order valence-corrected chi connectivity index (χ4v) is 4.03. The van der Waals surface area contributed by atoms with E-state index in [2.05, 4.69) is 32.9 Å². The summed E-state index contributed by atoms with van der Waals surface area (Å²) in [6.45, 7) is 6.96. The van der Waals surface area contributed by atoms with Gasteiger partial charge in [-0.1, -0.05) is 136 Å². The molecule has 1 atom stereocenters. The molecule has 0 N–H and O–H groups in total. The lowest BCUT2D eigenvalue weighted by Gasteiger charge is -2.15. The minimum Gasteiger partial charge on any atom is -0.0885 e. The van der Waals surface area contributed by atoms with Gasteiger partial charge in [-0.2, -0.15) is 0 Å². The number of allylic oxidation sites excluding steroid dienone is 2. The van der Waals surface area contributed by atoms with Crippen LogP contribution in [0.25, 0.3) is 0 Å². The Balaban J connectivity index is 3.51. The predicted octanol–water partition coefficient (Wildman–Crippen LogP) is 10.0. The SMILES string of the molecule is CCCCCCCC/C=C/CCCC(CCC)CCCCCCCCC. The second kappa shape index (κ2) is 22.8. The summed E-state index contributed by atoms with van der Waals surface area (Å²) in [5.41, 5.74) is 0. The summed E-state index contributed by atoms with van der Waals surface area (Å²) in [6.07, 6.45) is 33.4. The third kappa shape index (κ3) is 20.1. The maximum atomic E-state index is 2.46. The standard InChI is InChI=1S/C26H52/c1-4-7-9-11-13-14-15-16-18-20-22-25-26(23-6-3)24-21-19-17-12-10-8-5-2/h16,18,26H,4-15,17,19-25H2,1-3H3/b18-16+. The smallest absolute Gasteiger partial charge is 0.0351 e. The van der Waals surface area contributed by atoms with Crippen LogP contribution in [0.5, 0.6) is 0 Å². The third-order valence-corrected chi connectivity index (χ3v) is 5.79.